The number of para-hydroxylation sites is 1. The summed E-state index contributed by atoms with van der Waals surface area (Å²) in [5.74, 6) is -0.935. The number of methoxy groups -OCH3 is 1. The van der Waals surface area contributed by atoms with Crippen molar-refractivity contribution in [1.29, 1.82) is 0 Å². The van der Waals surface area contributed by atoms with Crippen LogP contribution >= 0.6 is 15.9 Å². The SMILES string of the molecule is COC(=O)c1ccc2c(c1)N=C(c1c(O)[nH]c3c(Br)cccc13)C2=O. The van der Waals surface area contributed by atoms with Crippen molar-refractivity contribution < 1.29 is 19.4 Å². The lowest BCUT2D eigenvalue weighted by atomic mass is 10.0. The number of hydrogen-bond donors (Lipinski definition) is 2. The summed E-state index contributed by atoms with van der Waals surface area (Å²) < 4.78 is 5.46. The Labute approximate surface area is 150 Å². The molecule has 25 heavy (non-hydrogen) atoms. The highest BCUT2D eigenvalue weighted by molar-refractivity contribution is 9.10. The number of hydrogen-bond acceptors (Lipinski definition) is 5. The highest BCUT2D eigenvalue weighted by Gasteiger charge is 2.31. The predicted molar refractivity (Wildman–Crippen MR) is 96.0 cm³/mol. The van der Waals surface area contributed by atoms with E-state index in [1.54, 1.807) is 12.1 Å². The van der Waals surface area contributed by atoms with Crippen LogP contribution in [0.2, 0.25) is 0 Å². The number of esters is 1. The lowest BCUT2D eigenvalue weighted by Gasteiger charge is -2.00. The number of fused-ring (bicyclic) bond motifs is 2. The molecule has 1 aliphatic heterocycles. The molecule has 0 bridgehead atoms. The van der Waals surface area contributed by atoms with E-state index in [-0.39, 0.29) is 17.4 Å². The third kappa shape index (κ3) is 2.27. The Bertz CT molecular complexity index is 1100. The summed E-state index contributed by atoms with van der Waals surface area (Å²) in [5, 5.41) is 11.0. The summed E-state index contributed by atoms with van der Waals surface area (Å²) in [6.07, 6.45) is 0. The van der Waals surface area contributed by atoms with Crippen molar-refractivity contribution in [2.75, 3.05) is 7.11 Å². The number of Topliss-reactive ketones (excluding diaryl/α,β-unsaturated/α-hetero) is 1. The summed E-state index contributed by atoms with van der Waals surface area (Å²) >= 11 is 3.41. The number of aliphatic imine (C=N–C) groups is 1. The molecule has 4 rings (SSSR count). The van der Waals surface area contributed by atoms with Crippen LogP contribution in [-0.2, 0) is 4.74 Å². The zero-order valence-electron chi connectivity index (χ0n) is 13.0. The van der Waals surface area contributed by atoms with Crippen molar-refractivity contribution in [1.82, 2.24) is 4.98 Å². The van der Waals surface area contributed by atoms with Crippen LogP contribution in [0.3, 0.4) is 0 Å². The van der Waals surface area contributed by atoms with E-state index in [0.717, 1.165) is 4.47 Å². The standard InChI is InChI=1S/C18H11BrN2O4/c1-25-18(24)8-5-6-9-12(7-8)20-15(16(9)22)13-10-3-2-4-11(19)14(10)21-17(13)23/h2-7,21,23H,1H3. The number of ketones is 1. The Kier molecular flexibility index (Phi) is 3.47. The third-order valence-electron chi connectivity index (χ3n) is 4.11. The van der Waals surface area contributed by atoms with Crippen LogP contribution < -0.4 is 0 Å². The van der Waals surface area contributed by atoms with Crippen LogP contribution in [-0.4, -0.2) is 34.7 Å². The monoisotopic (exact) mass is 398 g/mol. The van der Waals surface area contributed by atoms with Crippen molar-refractivity contribution in [3.8, 4) is 5.88 Å². The summed E-state index contributed by atoms with van der Waals surface area (Å²) in [5.41, 5.74) is 2.23. The molecule has 0 atom stereocenters. The molecule has 6 nitrogen and oxygen atoms in total. The lowest BCUT2D eigenvalue weighted by Crippen LogP contribution is -2.11. The fourth-order valence-corrected chi connectivity index (χ4v) is 3.40. The van der Waals surface area contributed by atoms with Crippen molar-refractivity contribution >= 4 is 50.0 Å². The number of benzene rings is 2. The fourth-order valence-electron chi connectivity index (χ4n) is 2.94. The van der Waals surface area contributed by atoms with Gasteiger partial charge in [0.15, 0.2) is 5.88 Å². The minimum atomic E-state index is -0.502. The first-order valence-corrected chi connectivity index (χ1v) is 8.16. The first-order chi connectivity index (χ1) is 12.0. The van der Waals surface area contributed by atoms with Gasteiger partial charge >= 0.3 is 5.97 Å². The maximum absolute atomic E-state index is 12.7. The van der Waals surface area contributed by atoms with E-state index >= 15 is 0 Å². The molecule has 2 N–H and O–H groups in total. The predicted octanol–water partition coefficient (Wildman–Crippen LogP) is 3.74. The molecule has 1 aliphatic rings. The number of nitrogens with zero attached hydrogens (tertiary/aromatic N) is 1. The summed E-state index contributed by atoms with van der Waals surface area (Å²) in [6, 6.07) is 10.0. The smallest absolute Gasteiger partial charge is 0.337 e. The van der Waals surface area contributed by atoms with Crippen molar-refractivity contribution in [3.05, 3.63) is 57.6 Å². The van der Waals surface area contributed by atoms with Gasteiger partial charge in [-0.05, 0) is 40.2 Å². The van der Waals surface area contributed by atoms with Gasteiger partial charge in [-0.2, -0.15) is 0 Å². The molecule has 0 spiro atoms. The van der Waals surface area contributed by atoms with Gasteiger partial charge in [0, 0.05) is 15.4 Å². The molecule has 2 aromatic carbocycles. The average molecular weight is 399 g/mol. The third-order valence-corrected chi connectivity index (χ3v) is 4.77. The zero-order chi connectivity index (χ0) is 17.7. The molecular weight excluding hydrogens is 388 g/mol. The number of halogens is 1. The van der Waals surface area contributed by atoms with Crippen molar-refractivity contribution in [3.63, 3.8) is 0 Å². The number of H-pyrrole nitrogens is 1. The quantitative estimate of drug-likeness (QED) is 0.643. The van der Waals surface area contributed by atoms with Crippen molar-refractivity contribution in [2.24, 2.45) is 4.99 Å². The second kappa shape index (κ2) is 5.56. The topological polar surface area (TPSA) is 91.8 Å². The minimum absolute atomic E-state index is 0.130. The molecule has 0 amide bonds. The molecule has 1 aromatic heterocycles. The van der Waals surface area contributed by atoms with Crippen LogP contribution in [0.25, 0.3) is 10.9 Å². The van der Waals surface area contributed by atoms with E-state index in [1.807, 2.05) is 12.1 Å². The molecule has 3 aromatic rings. The fraction of sp³-hybridized carbons (Fsp3) is 0.0556. The number of aromatic hydroxyl groups is 1. The number of rotatable bonds is 2. The molecular formula is C18H11BrN2O4. The Balaban J connectivity index is 1.90. The van der Waals surface area contributed by atoms with E-state index in [4.69, 9.17) is 0 Å². The highest BCUT2D eigenvalue weighted by atomic mass is 79.9. The van der Waals surface area contributed by atoms with Gasteiger partial charge in [0.05, 0.1) is 29.4 Å². The summed E-state index contributed by atoms with van der Waals surface area (Å²) in [6.45, 7) is 0. The van der Waals surface area contributed by atoms with E-state index in [0.29, 0.717) is 33.3 Å². The second-order valence-corrected chi connectivity index (χ2v) is 6.38. The number of aromatic amines is 1. The van der Waals surface area contributed by atoms with Gasteiger partial charge < -0.3 is 14.8 Å². The molecule has 124 valence electrons. The van der Waals surface area contributed by atoms with E-state index < -0.39 is 5.97 Å². The number of aromatic nitrogens is 1. The first-order valence-electron chi connectivity index (χ1n) is 7.36. The molecule has 7 heteroatoms. The highest BCUT2D eigenvalue weighted by Crippen LogP contribution is 2.37. The molecule has 0 fully saturated rings. The molecule has 0 saturated heterocycles. The first kappa shape index (κ1) is 15.6. The Hall–Kier alpha value is -2.93. The Morgan fingerprint density at radius 1 is 1.28 bits per heavy atom. The average Bonchev–Trinajstić information content (AvgIpc) is 3.11. The van der Waals surface area contributed by atoms with Crippen LogP contribution in [0.1, 0.15) is 26.3 Å². The zero-order valence-corrected chi connectivity index (χ0v) is 14.5. The number of carbonyl (C=O) groups is 2. The van der Waals surface area contributed by atoms with Crippen LogP contribution in [0.5, 0.6) is 5.88 Å². The normalized spacial score (nSPS) is 13.0. The second-order valence-electron chi connectivity index (χ2n) is 5.52. The largest absolute Gasteiger partial charge is 0.494 e. The van der Waals surface area contributed by atoms with Gasteiger partial charge in [-0.15, -0.1) is 0 Å². The van der Waals surface area contributed by atoms with E-state index in [1.165, 1.54) is 19.2 Å². The molecule has 0 radical (unpaired) electrons. The van der Waals surface area contributed by atoms with Crippen LogP contribution in [0.15, 0.2) is 45.9 Å². The van der Waals surface area contributed by atoms with E-state index in [9.17, 15) is 14.7 Å². The van der Waals surface area contributed by atoms with Crippen LogP contribution in [0, 0.1) is 0 Å². The molecule has 0 saturated carbocycles. The molecule has 2 heterocycles. The van der Waals surface area contributed by atoms with Gasteiger partial charge in [-0.1, -0.05) is 12.1 Å². The number of carbonyl (C=O) groups excluding carboxylic acids is 2. The molecule has 0 unspecified atom stereocenters. The summed E-state index contributed by atoms with van der Waals surface area (Å²) in [4.78, 5) is 31.6. The van der Waals surface area contributed by atoms with Gasteiger partial charge in [-0.3, -0.25) is 4.79 Å². The van der Waals surface area contributed by atoms with Crippen LogP contribution in [0.4, 0.5) is 5.69 Å². The van der Waals surface area contributed by atoms with Gasteiger partial charge in [0.2, 0.25) is 5.78 Å². The maximum atomic E-state index is 12.7. The Morgan fingerprint density at radius 3 is 2.84 bits per heavy atom. The number of ether oxygens (including phenoxy) is 1. The van der Waals surface area contributed by atoms with Gasteiger partial charge in [-0.25, -0.2) is 9.79 Å². The summed E-state index contributed by atoms with van der Waals surface area (Å²) in [7, 11) is 1.29. The minimum Gasteiger partial charge on any atom is -0.494 e. The van der Waals surface area contributed by atoms with Crippen molar-refractivity contribution in [2.45, 2.75) is 0 Å². The molecule has 0 aliphatic carbocycles. The van der Waals surface area contributed by atoms with Gasteiger partial charge in [0.25, 0.3) is 0 Å². The lowest BCUT2D eigenvalue weighted by molar-refractivity contribution is 0.0600. The Morgan fingerprint density at radius 2 is 2.08 bits per heavy atom. The van der Waals surface area contributed by atoms with E-state index in [2.05, 4.69) is 30.6 Å². The number of nitrogens with one attached hydrogen (secondary N) is 1. The maximum Gasteiger partial charge on any atom is 0.337 e. The van der Waals surface area contributed by atoms with Gasteiger partial charge in [0.1, 0.15) is 5.71 Å².